The lowest BCUT2D eigenvalue weighted by molar-refractivity contribution is -0.144. The maximum Gasteiger partial charge on any atom is 0.428 e. The maximum atomic E-state index is 14.1. The minimum atomic E-state index is -1.99. The number of hydrogen-bond acceptors (Lipinski definition) is 14. The van der Waals surface area contributed by atoms with Gasteiger partial charge in [0.05, 0.1) is 18.9 Å². The summed E-state index contributed by atoms with van der Waals surface area (Å²) in [5.74, 6) is -14.3. The van der Waals surface area contributed by atoms with E-state index in [1.807, 2.05) is 0 Å². The first-order chi connectivity index (χ1) is 31.9. The second-order valence-electron chi connectivity index (χ2n) is 16.7. The number of carboxylic acids is 3. The van der Waals surface area contributed by atoms with Gasteiger partial charge >= 0.3 is 24.0 Å². The molecule has 1 aliphatic rings. The summed E-state index contributed by atoms with van der Waals surface area (Å²) in [6.07, 6.45) is -5.39. The first-order valence-corrected chi connectivity index (χ1v) is 22.8. The molecule has 26 nitrogen and oxygen atoms in total. The maximum absolute atomic E-state index is 14.1. The molecule has 69 heavy (non-hydrogen) atoms. The van der Waals surface area contributed by atoms with E-state index in [1.54, 1.807) is 20.8 Å². The molecule has 0 radical (unpaired) electrons. The number of nitrogens with one attached hydrogen (secondary N) is 7. The standard InChI is InChI=1S/C40H62Cl3N9O17/c1-8-13-52(39(68)69-17-40(41,42)43)50-35(64)25-10-9-14-51(25)38(67)30(19(4)5)48-36(65)29(18(2)3)47-34(63)24(16-28(59)60)46-32(61)22(11-12-26(55)56)45-37(66)31(20(6)53)49-33(62)23(15-27(57)58)44-21(7)54/h18-20,22-25,29-31,53H,8-17H2,1-7H3,(H,44,54)(H,45,66)(H,46,61)(H,47,63)(H,48,65)(H,49,62)(H,50,64)(H,55,56)(H,57,58)(H,59,60)/t20-,22+,23+,24+,25+,29+,30+,31+/m1/s1. The van der Waals surface area contributed by atoms with E-state index in [0.717, 1.165) is 18.9 Å². The zero-order valence-corrected chi connectivity index (χ0v) is 41.2. The third-order valence-corrected chi connectivity index (χ3v) is 10.3. The van der Waals surface area contributed by atoms with Gasteiger partial charge in [-0.25, -0.2) is 9.80 Å². The van der Waals surface area contributed by atoms with Crippen molar-refractivity contribution in [2.24, 2.45) is 11.8 Å². The minimum Gasteiger partial charge on any atom is -0.481 e. The van der Waals surface area contributed by atoms with Crippen molar-refractivity contribution >= 4 is 106 Å². The largest absolute Gasteiger partial charge is 0.481 e. The molecule has 1 aliphatic heterocycles. The van der Waals surface area contributed by atoms with Crippen molar-refractivity contribution in [1.29, 1.82) is 0 Å². The Balaban J connectivity index is 3.35. The highest BCUT2D eigenvalue weighted by Crippen LogP contribution is 2.26. The number of hydrazine groups is 1. The SMILES string of the molecule is CCCN(NC(=O)[C@@H]1CCCN1C(=O)[C@@H](NC(=O)[C@@H](NC(=O)[C@H](CC(=O)O)NC(=O)[C@H](CCC(=O)O)NC(=O)[C@@H](NC(=O)[C@H](CC(=O)O)NC(C)=O)[C@@H](C)O)C(C)C)C(C)C)C(=O)OCC(Cl)(Cl)Cl. The van der Waals surface area contributed by atoms with Crippen LogP contribution in [0.25, 0.3) is 0 Å². The van der Waals surface area contributed by atoms with E-state index in [9.17, 15) is 78.0 Å². The Morgan fingerprint density at radius 2 is 1.16 bits per heavy atom. The molecule has 390 valence electrons. The van der Waals surface area contributed by atoms with Crippen molar-refractivity contribution in [3.05, 3.63) is 0 Å². The van der Waals surface area contributed by atoms with Crippen LogP contribution in [0, 0.1) is 11.8 Å². The van der Waals surface area contributed by atoms with Crippen LogP contribution in [-0.2, 0) is 57.5 Å². The number of halogens is 3. The fourth-order valence-electron chi connectivity index (χ4n) is 6.62. The highest BCUT2D eigenvalue weighted by Gasteiger charge is 2.42. The second-order valence-corrected chi connectivity index (χ2v) is 19.2. The molecule has 1 rings (SSSR count). The van der Waals surface area contributed by atoms with Crippen LogP contribution in [0.4, 0.5) is 4.79 Å². The van der Waals surface area contributed by atoms with Crippen molar-refractivity contribution in [2.75, 3.05) is 19.7 Å². The molecular formula is C40H62Cl3N9O17. The number of nitrogens with zero attached hydrogens (tertiary/aromatic N) is 2. The number of carbonyl (C=O) groups excluding carboxylic acids is 9. The van der Waals surface area contributed by atoms with Gasteiger partial charge in [0.2, 0.25) is 45.1 Å². The van der Waals surface area contributed by atoms with Gasteiger partial charge in [-0.2, -0.15) is 0 Å². The lowest BCUT2D eigenvalue weighted by atomic mass is 9.98. The van der Waals surface area contributed by atoms with Crippen LogP contribution in [-0.4, -0.2) is 173 Å². The molecule has 1 heterocycles. The molecule has 8 atom stereocenters. The van der Waals surface area contributed by atoms with Crippen LogP contribution in [0.2, 0.25) is 0 Å². The normalized spacial score (nSPS) is 16.5. The third-order valence-electron chi connectivity index (χ3n) is 10.0. The number of rotatable bonds is 26. The van der Waals surface area contributed by atoms with E-state index in [2.05, 4.69) is 37.3 Å². The Bertz CT molecular complexity index is 1890. The van der Waals surface area contributed by atoms with Gasteiger partial charge in [-0.15, -0.1) is 0 Å². The van der Waals surface area contributed by atoms with Crippen molar-refractivity contribution in [3.8, 4) is 0 Å². The number of aliphatic hydroxyl groups is 1. The summed E-state index contributed by atoms with van der Waals surface area (Å²) in [7, 11) is 0. The Kier molecular flexibility index (Phi) is 25.5. The molecule has 29 heteroatoms. The Hall–Kier alpha value is -5.73. The summed E-state index contributed by atoms with van der Waals surface area (Å²) in [4.78, 5) is 155. The smallest absolute Gasteiger partial charge is 0.428 e. The number of amides is 9. The fourth-order valence-corrected chi connectivity index (χ4v) is 6.78. The van der Waals surface area contributed by atoms with Gasteiger partial charge in [-0.05, 0) is 44.4 Å². The number of aliphatic hydroxyl groups excluding tert-OH is 1. The van der Waals surface area contributed by atoms with Crippen LogP contribution in [0.1, 0.15) is 93.4 Å². The molecule has 0 saturated carbocycles. The van der Waals surface area contributed by atoms with E-state index in [4.69, 9.17) is 39.5 Å². The molecule has 0 spiro atoms. The quantitative estimate of drug-likeness (QED) is 0.0353. The topological polar surface area (TPSA) is 386 Å². The van der Waals surface area contributed by atoms with Crippen LogP contribution in [0.3, 0.4) is 0 Å². The molecule has 1 fully saturated rings. The Labute approximate surface area is 411 Å². The van der Waals surface area contributed by atoms with E-state index in [-0.39, 0.29) is 19.5 Å². The molecule has 11 N–H and O–H groups in total. The van der Waals surface area contributed by atoms with Crippen LogP contribution in [0.5, 0.6) is 0 Å². The number of carbonyl (C=O) groups is 12. The summed E-state index contributed by atoms with van der Waals surface area (Å²) in [5.41, 5.74) is 2.43. The summed E-state index contributed by atoms with van der Waals surface area (Å²) in [6, 6.07) is -11.4. The Morgan fingerprint density at radius 1 is 0.681 bits per heavy atom. The Morgan fingerprint density at radius 3 is 1.62 bits per heavy atom. The average molecular weight is 1050 g/mol. The van der Waals surface area contributed by atoms with Gasteiger partial charge in [-0.3, -0.25) is 58.2 Å². The van der Waals surface area contributed by atoms with E-state index >= 15 is 0 Å². The molecule has 1 saturated heterocycles. The van der Waals surface area contributed by atoms with Crippen LogP contribution < -0.4 is 37.3 Å². The minimum absolute atomic E-state index is 0.00952. The number of likely N-dealkylation sites (tertiary alicyclic amines) is 1. The van der Waals surface area contributed by atoms with Gasteiger partial charge in [0.15, 0.2) is 0 Å². The number of hydrogen-bond donors (Lipinski definition) is 11. The number of aliphatic carboxylic acids is 3. The van der Waals surface area contributed by atoms with Crippen molar-refractivity contribution in [3.63, 3.8) is 0 Å². The number of ether oxygens (including phenoxy) is 1. The lowest BCUT2D eigenvalue weighted by Gasteiger charge is -2.33. The predicted octanol–water partition coefficient (Wildman–Crippen LogP) is -1.34. The zero-order chi connectivity index (χ0) is 53.1. The zero-order valence-electron chi connectivity index (χ0n) is 39.0. The summed E-state index contributed by atoms with van der Waals surface area (Å²) < 4.78 is 3.04. The van der Waals surface area contributed by atoms with E-state index < -0.39 is 168 Å². The summed E-state index contributed by atoms with van der Waals surface area (Å²) in [5, 5.41) is 52.8. The summed E-state index contributed by atoms with van der Waals surface area (Å²) >= 11 is 17.0. The van der Waals surface area contributed by atoms with E-state index in [1.165, 1.54) is 18.7 Å². The van der Waals surface area contributed by atoms with Crippen molar-refractivity contribution in [2.45, 2.75) is 146 Å². The third kappa shape index (κ3) is 21.6. The van der Waals surface area contributed by atoms with Gasteiger partial charge in [0.25, 0.3) is 5.91 Å². The summed E-state index contributed by atoms with van der Waals surface area (Å²) in [6.45, 7) is 9.35. The second kappa shape index (κ2) is 28.7. The van der Waals surface area contributed by atoms with Crippen LogP contribution in [0.15, 0.2) is 0 Å². The van der Waals surface area contributed by atoms with Gasteiger partial charge in [0.1, 0.15) is 48.9 Å². The molecule has 0 aliphatic carbocycles. The van der Waals surface area contributed by atoms with Gasteiger partial charge in [0, 0.05) is 26.4 Å². The molecule has 9 amide bonds. The van der Waals surface area contributed by atoms with Gasteiger partial charge in [-0.1, -0.05) is 69.4 Å². The molecule has 0 unspecified atom stereocenters. The lowest BCUT2D eigenvalue weighted by Crippen LogP contribution is -2.62. The number of carboxylic acid groups (broad SMARTS) is 3. The fraction of sp³-hybridized carbons (Fsp3) is 0.700. The van der Waals surface area contributed by atoms with Crippen LogP contribution >= 0.6 is 34.8 Å². The molecule has 0 bridgehead atoms. The first-order valence-electron chi connectivity index (χ1n) is 21.6. The monoisotopic (exact) mass is 1050 g/mol. The highest BCUT2D eigenvalue weighted by molar-refractivity contribution is 6.67. The predicted molar refractivity (Wildman–Crippen MR) is 242 cm³/mol. The average Bonchev–Trinajstić information content (AvgIpc) is 3.72. The van der Waals surface area contributed by atoms with Gasteiger partial charge < -0.3 is 62.0 Å². The number of alkyl halides is 3. The van der Waals surface area contributed by atoms with Crippen molar-refractivity contribution < 1.29 is 82.7 Å². The molecule has 0 aromatic heterocycles. The molecule has 0 aromatic carbocycles. The first kappa shape index (κ1) is 61.3. The molecular weight excluding hydrogens is 985 g/mol. The van der Waals surface area contributed by atoms with Crippen molar-refractivity contribution in [1.82, 2.24) is 47.2 Å². The molecule has 0 aromatic rings. The highest BCUT2D eigenvalue weighted by atomic mass is 35.6. The van der Waals surface area contributed by atoms with E-state index in [0.29, 0.717) is 12.8 Å².